The lowest BCUT2D eigenvalue weighted by Gasteiger charge is -2.29. The molecule has 5 nitrogen and oxygen atoms in total. The zero-order valence-corrected chi connectivity index (χ0v) is 19.1. The molecule has 164 valence electrons. The molecule has 5 rings (SSSR count). The second-order valence-electron chi connectivity index (χ2n) is 8.76. The van der Waals surface area contributed by atoms with Gasteiger partial charge in [0.05, 0.1) is 10.6 Å². The molecule has 0 aliphatic carbocycles. The highest BCUT2D eigenvalue weighted by Gasteiger charge is 2.36. The minimum absolute atomic E-state index is 0.00482. The molecule has 1 amide bonds. The van der Waals surface area contributed by atoms with Crippen molar-refractivity contribution in [3.8, 4) is 0 Å². The van der Waals surface area contributed by atoms with E-state index in [2.05, 4.69) is 12.1 Å². The third kappa shape index (κ3) is 3.48. The van der Waals surface area contributed by atoms with Gasteiger partial charge in [0.1, 0.15) is 0 Å². The molecule has 0 bridgehead atoms. The Bertz CT molecular complexity index is 1300. The van der Waals surface area contributed by atoms with E-state index in [0.29, 0.717) is 30.8 Å². The van der Waals surface area contributed by atoms with Crippen LogP contribution >= 0.6 is 0 Å². The number of anilines is 1. The van der Waals surface area contributed by atoms with Gasteiger partial charge in [0.2, 0.25) is 0 Å². The van der Waals surface area contributed by atoms with Crippen molar-refractivity contribution in [1.29, 1.82) is 0 Å². The maximum absolute atomic E-state index is 13.4. The lowest BCUT2D eigenvalue weighted by molar-refractivity contribution is 0.0734. The number of amides is 1. The van der Waals surface area contributed by atoms with Crippen LogP contribution in [0.5, 0.6) is 0 Å². The molecule has 2 heterocycles. The molecule has 0 spiro atoms. The van der Waals surface area contributed by atoms with E-state index in [1.54, 1.807) is 24.3 Å². The summed E-state index contributed by atoms with van der Waals surface area (Å²) in [5.41, 5.74) is 5.69. The van der Waals surface area contributed by atoms with Crippen LogP contribution in [-0.2, 0) is 29.4 Å². The van der Waals surface area contributed by atoms with Gasteiger partial charge < -0.3 is 4.90 Å². The van der Waals surface area contributed by atoms with Crippen molar-refractivity contribution in [2.45, 2.75) is 44.2 Å². The lowest BCUT2D eigenvalue weighted by atomic mass is 9.99. The van der Waals surface area contributed by atoms with Crippen molar-refractivity contribution in [2.75, 3.05) is 10.8 Å². The molecule has 0 saturated heterocycles. The molecule has 3 aromatic carbocycles. The summed E-state index contributed by atoms with van der Waals surface area (Å²) < 4.78 is 28.2. The maximum Gasteiger partial charge on any atom is 0.264 e. The highest BCUT2D eigenvalue weighted by atomic mass is 32.2. The van der Waals surface area contributed by atoms with Crippen LogP contribution in [0.25, 0.3) is 0 Å². The Morgan fingerprint density at radius 2 is 1.66 bits per heavy atom. The van der Waals surface area contributed by atoms with Gasteiger partial charge in [0.15, 0.2) is 0 Å². The zero-order valence-electron chi connectivity index (χ0n) is 18.3. The fourth-order valence-electron chi connectivity index (χ4n) is 4.78. The monoisotopic (exact) mass is 446 g/mol. The van der Waals surface area contributed by atoms with Gasteiger partial charge in [-0.1, -0.05) is 42.0 Å². The molecule has 0 fully saturated rings. The molecule has 0 saturated carbocycles. The molecule has 0 unspecified atom stereocenters. The summed E-state index contributed by atoms with van der Waals surface area (Å²) in [5, 5.41) is 0. The fourth-order valence-corrected chi connectivity index (χ4v) is 6.47. The second kappa shape index (κ2) is 7.78. The van der Waals surface area contributed by atoms with E-state index < -0.39 is 10.0 Å². The van der Waals surface area contributed by atoms with E-state index in [-0.39, 0.29) is 16.8 Å². The van der Waals surface area contributed by atoms with Crippen molar-refractivity contribution in [1.82, 2.24) is 4.90 Å². The SMILES string of the molecule is Cc1ccc(S(=O)(=O)N2c3ccc(C(=O)N4CCc5ccccc5C4)cc3C[C@@H]2C)cc1. The minimum Gasteiger partial charge on any atom is -0.334 e. The molecule has 0 N–H and O–H groups in total. The summed E-state index contributed by atoms with van der Waals surface area (Å²) in [6, 6.07) is 20.4. The lowest BCUT2D eigenvalue weighted by Crippen LogP contribution is -2.36. The molecule has 32 heavy (non-hydrogen) atoms. The summed E-state index contributed by atoms with van der Waals surface area (Å²) in [4.78, 5) is 15.4. The van der Waals surface area contributed by atoms with Crippen LogP contribution in [0.2, 0.25) is 0 Å². The van der Waals surface area contributed by atoms with E-state index in [4.69, 9.17) is 0 Å². The molecule has 0 aromatic heterocycles. The Balaban J connectivity index is 1.43. The number of sulfonamides is 1. The van der Waals surface area contributed by atoms with Gasteiger partial charge in [-0.3, -0.25) is 9.10 Å². The number of aryl methyl sites for hydroxylation is 1. The number of fused-ring (bicyclic) bond motifs is 2. The number of hydrogen-bond acceptors (Lipinski definition) is 3. The normalized spacial score (nSPS) is 17.8. The highest BCUT2D eigenvalue weighted by Crippen LogP contribution is 2.37. The van der Waals surface area contributed by atoms with E-state index in [1.807, 2.05) is 49.1 Å². The smallest absolute Gasteiger partial charge is 0.264 e. The Kier molecular flexibility index (Phi) is 5.05. The van der Waals surface area contributed by atoms with E-state index >= 15 is 0 Å². The highest BCUT2D eigenvalue weighted by molar-refractivity contribution is 7.92. The van der Waals surface area contributed by atoms with Crippen LogP contribution in [0, 0.1) is 6.92 Å². The number of nitrogens with zero attached hydrogens (tertiary/aromatic N) is 2. The van der Waals surface area contributed by atoms with E-state index in [9.17, 15) is 13.2 Å². The number of carbonyl (C=O) groups excluding carboxylic acids is 1. The molecular weight excluding hydrogens is 420 g/mol. The van der Waals surface area contributed by atoms with Crippen LogP contribution < -0.4 is 4.31 Å². The standard InChI is InChI=1S/C26H26N2O3S/c1-18-7-10-24(11-8-18)32(30,31)28-19(2)15-23-16-21(9-12-25(23)28)26(29)27-14-13-20-5-3-4-6-22(20)17-27/h3-12,16,19H,13-15,17H2,1-2H3/t19-/m0/s1. The quantitative estimate of drug-likeness (QED) is 0.602. The van der Waals surface area contributed by atoms with Crippen LogP contribution in [0.1, 0.15) is 39.5 Å². The topological polar surface area (TPSA) is 57.7 Å². The van der Waals surface area contributed by atoms with Crippen LogP contribution in [0.3, 0.4) is 0 Å². The zero-order chi connectivity index (χ0) is 22.5. The summed E-state index contributed by atoms with van der Waals surface area (Å²) in [5.74, 6) is -0.00482. The Morgan fingerprint density at radius 3 is 2.41 bits per heavy atom. The summed E-state index contributed by atoms with van der Waals surface area (Å²) >= 11 is 0. The Hall–Kier alpha value is -3.12. The second-order valence-corrected chi connectivity index (χ2v) is 10.6. The van der Waals surface area contributed by atoms with E-state index in [1.165, 1.54) is 15.4 Å². The largest absolute Gasteiger partial charge is 0.334 e. The number of benzene rings is 3. The average Bonchev–Trinajstić information content (AvgIpc) is 3.14. The first kappa shape index (κ1) is 20.8. The van der Waals surface area contributed by atoms with Gasteiger partial charge in [0.25, 0.3) is 15.9 Å². The minimum atomic E-state index is -3.67. The van der Waals surface area contributed by atoms with Gasteiger partial charge in [-0.25, -0.2) is 8.42 Å². The summed E-state index contributed by atoms with van der Waals surface area (Å²) in [6.07, 6.45) is 1.44. The maximum atomic E-state index is 13.4. The van der Waals surface area contributed by atoms with Crippen molar-refractivity contribution in [3.63, 3.8) is 0 Å². The van der Waals surface area contributed by atoms with Crippen molar-refractivity contribution in [3.05, 3.63) is 94.5 Å². The molecule has 2 aliphatic heterocycles. The Labute approximate surface area is 189 Å². The first-order chi connectivity index (χ1) is 15.3. The first-order valence-electron chi connectivity index (χ1n) is 10.9. The predicted molar refractivity (Wildman–Crippen MR) is 125 cm³/mol. The third-order valence-corrected chi connectivity index (χ3v) is 8.42. The molecule has 3 aromatic rings. The summed E-state index contributed by atoms with van der Waals surface area (Å²) in [6.45, 7) is 5.14. The molecule has 6 heteroatoms. The van der Waals surface area contributed by atoms with Gasteiger partial charge in [-0.05, 0) is 73.7 Å². The first-order valence-corrected chi connectivity index (χ1v) is 12.4. The van der Waals surface area contributed by atoms with Crippen molar-refractivity contribution < 1.29 is 13.2 Å². The van der Waals surface area contributed by atoms with Gasteiger partial charge in [-0.15, -0.1) is 0 Å². The van der Waals surface area contributed by atoms with Crippen LogP contribution in [0.4, 0.5) is 5.69 Å². The molecule has 0 radical (unpaired) electrons. The predicted octanol–water partition coefficient (Wildman–Crippen LogP) is 4.33. The average molecular weight is 447 g/mol. The van der Waals surface area contributed by atoms with Gasteiger partial charge >= 0.3 is 0 Å². The van der Waals surface area contributed by atoms with Crippen molar-refractivity contribution >= 4 is 21.6 Å². The number of rotatable bonds is 3. The van der Waals surface area contributed by atoms with E-state index in [0.717, 1.165) is 17.5 Å². The Morgan fingerprint density at radius 1 is 0.938 bits per heavy atom. The number of carbonyl (C=O) groups is 1. The molecular formula is C26H26N2O3S. The van der Waals surface area contributed by atoms with Crippen LogP contribution in [-0.4, -0.2) is 31.8 Å². The molecule has 2 aliphatic rings. The molecule has 1 atom stereocenters. The van der Waals surface area contributed by atoms with Gasteiger partial charge in [-0.2, -0.15) is 0 Å². The number of hydrogen-bond donors (Lipinski definition) is 0. The third-order valence-electron chi connectivity index (χ3n) is 6.48. The van der Waals surface area contributed by atoms with Gasteiger partial charge in [0, 0.05) is 24.7 Å². The van der Waals surface area contributed by atoms with Crippen LogP contribution in [0.15, 0.2) is 71.6 Å². The fraction of sp³-hybridized carbons (Fsp3) is 0.269. The van der Waals surface area contributed by atoms with Crippen molar-refractivity contribution in [2.24, 2.45) is 0 Å². The summed E-state index contributed by atoms with van der Waals surface area (Å²) in [7, 11) is -3.67.